The average Bonchev–Trinajstić information content (AvgIpc) is 2.27. The first-order chi connectivity index (χ1) is 7.20. The molecule has 1 fully saturated rings. The molecule has 2 rings (SSSR count). The number of halogens is 3. The van der Waals surface area contributed by atoms with Gasteiger partial charge in [0.25, 0.3) is 0 Å². The summed E-state index contributed by atoms with van der Waals surface area (Å²) in [6.45, 7) is 0. The van der Waals surface area contributed by atoms with Gasteiger partial charge in [0, 0.05) is 5.00 Å². The van der Waals surface area contributed by atoms with Crippen LogP contribution in [0.5, 0.6) is 0 Å². The Morgan fingerprint density at radius 1 is 1.07 bits per heavy atom. The molecule has 0 aliphatic carbocycles. The first-order valence-electron chi connectivity index (χ1n) is 5.17. The van der Waals surface area contributed by atoms with Crippen LogP contribution < -0.4 is 5.19 Å². The van der Waals surface area contributed by atoms with Gasteiger partial charge in [0.15, 0.2) is 0 Å². The summed E-state index contributed by atoms with van der Waals surface area (Å²) in [6.07, 6.45) is 1.00. The maximum absolute atomic E-state index is 6.41. The Morgan fingerprint density at radius 3 is 2.40 bits per heavy atom. The highest BCUT2D eigenvalue weighted by molar-refractivity contribution is 6.82. The van der Waals surface area contributed by atoms with Crippen LogP contribution in [0.3, 0.4) is 0 Å². The van der Waals surface area contributed by atoms with Crippen LogP contribution >= 0.6 is 34.8 Å². The molecule has 0 aromatic heterocycles. The van der Waals surface area contributed by atoms with Gasteiger partial charge in [-0.1, -0.05) is 41.6 Å². The van der Waals surface area contributed by atoms with E-state index in [1.54, 1.807) is 0 Å². The molecule has 4 heteroatoms. The van der Waals surface area contributed by atoms with Crippen LogP contribution in [0.4, 0.5) is 0 Å². The average molecular weight is 280 g/mol. The van der Waals surface area contributed by atoms with Crippen molar-refractivity contribution in [3.8, 4) is 0 Å². The van der Waals surface area contributed by atoms with E-state index in [2.05, 4.69) is 24.3 Å². The van der Waals surface area contributed by atoms with Crippen molar-refractivity contribution in [3.05, 3.63) is 30.3 Å². The molecule has 0 bridgehead atoms. The number of rotatable bonds is 1. The molecule has 82 valence electrons. The lowest BCUT2D eigenvalue weighted by Gasteiger charge is -2.33. The van der Waals surface area contributed by atoms with E-state index in [1.165, 1.54) is 5.19 Å². The van der Waals surface area contributed by atoms with Gasteiger partial charge in [-0.05, 0) is 6.42 Å². The number of hydrogen-bond donors (Lipinski definition) is 0. The minimum Gasteiger partial charge on any atom is -0.125 e. The smallest absolute Gasteiger partial charge is 0.0926 e. The van der Waals surface area contributed by atoms with Gasteiger partial charge >= 0.3 is 0 Å². The third-order valence-corrected chi connectivity index (χ3v) is 9.15. The zero-order chi connectivity index (χ0) is 10.8. The van der Waals surface area contributed by atoms with Crippen molar-refractivity contribution in [2.75, 3.05) is 0 Å². The SMILES string of the molecule is ClC1CC[SiH](c2ccccc2)C(Cl)C1Cl. The topological polar surface area (TPSA) is 0 Å². The molecule has 1 aliphatic heterocycles. The van der Waals surface area contributed by atoms with Gasteiger partial charge in [0.05, 0.1) is 19.6 Å². The van der Waals surface area contributed by atoms with E-state index in [-0.39, 0.29) is 15.8 Å². The molecule has 0 spiro atoms. The van der Waals surface area contributed by atoms with E-state index >= 15 is 0 Å². The third kappa shape index (κ3) is 2.52. The fraction of sp³-hybridized carbons (Fsp3) is 0.455. The van der Waals surface area contributed by atoms with Crippen molar-refractivity contribution in [1.29, 1.82) is 0 Å². The molecule has 1 aliphatic rings. The molecule has 0 amide bonds. The Labute approximate surface area is 107 Å². The molecule has 4 unspecified atom stereocenters. The quantitative estimate of drug-likeness (QED) is 0.548. The summed E-state index contributed by atoms with van der Waals surface area (Å²) in [6, 6.07) is 11.7. The van der Waals surface area contributed by atoms with Crippen molar-refractivity contribution >= 4 is 48.8 Å². The number of benzene rings is 1. The van der Waals surface area contributed by atoms with Crippen molar-refractivity contribution in [2.24, 2.45) is 0 Å². The van der Waals surface area contributed by atoms with E-state index in [1.807, 2.05) is 6.07 Å². The van der Waals surface area contributed by atoms with Gasteiger partial charge in [0.2, 0.25) is 0 Å². The highest BCUT2D eigenvalue weighted by Gasteiger charge is 2.37. The van der Waals surface area contributed by atoms with Crippen LogP contribution in [-0.4, -0.2) is 24.6 Å². The predicted octanol–water partition coefficient (Wildman–Crippen LogP) is 2.89. The third-order valence-electron chi connectivity index (χ3n) is 3.02. The Morgan fingerprint density at radius 2 is 1.73 bits per heavy atom. The molecule has 1 saturated heterocycles. The molecule has 4 atom stereocenters. The highest BCUT2D eigenvalue weighted by Crippen LogP contribution is 2.31. The van der Waals surface area contributed by atoms with Crippen LogP contribution in [0.15, 0.2) is 30.3 Å². The van der Waals surface area contributed by atoms with E-state index < -0.39 is 8.80 Å². The molecule has 1 heterocycles. The molecular formula is C11H13Cl3Si. The fourth-order valence-electron chi connectivity index (χ4n) is 2.13. The normalized spacial score (nSPS) is 36.5. The minimum atomic E-state index is -1.13. The Kier molecular flexibility index (Phi) is 4.00. The molecule has 0 nitrogen and oxygen atoms in total. The number of hydrogen-bond acceptors (Lipinski definition) is 0. The van der Waals surface area contributed by atoms with Crippen LogP contribution in [0.1, 0.15) is 6.42 Å². The predicted molar refractivity (Wildman–Crippen MR) is 71.6 cm³/mol. The summed E-state index contributed by atoms with van der Waals surface area (Å²) in [4.78, 5) is 0. The summed E-state index contributed by atoms with van der Waals surface area (Å²) in [5, 5.41) is 1.46. The van der Waals surface area contributed by atoms with Gasteiger partial charge in [-0.25, -0.2) is 0 Å². The van der Waals surface area contributed by atoms with Gasteiger partial charge in [-0.3, -0.25) is 0 Å². The lowest BCUT2D eigenvalue weighted by atomic mass is 10.2. The maximum Gasteiger partial charge on any atom is 0.0926 e. The zero-order valence-electron chi connectivity index (χ0n) is 8.24. The Balaban J connectivity index is 2.17. The lowest BCUT2D eigenvalue weighted by Crippen LogP contribution is -2.50. The zero-order valence-corrected chi connectivity index (χ0v) is 11.7. The molecule has 0 saturated carbocycles. The van der Waals surface area contributed by atoms with Crippen LogP contribution in [0, 0.1) is 0 Å². The second-order valence-corrected chi connectivity index (χ2v) is 9.17. The van der Waals surface area contributed by atoms with E-state index in [9.17, 15) is 0 Å². The van der Waals surface area contributed by atoms with E-state index in [4.69, 9.17) is 34.8 Å². The highest BCUT2D eigenvalue weighted by atomic mass is 35.5. The summed E-state index contributed by atoms with van der Waals surface area (Å²) in [7, 11) is -1.13. The molecule has 15 heavy (non-hydrogen) atoms. The van der Waals surface area contributed by atoms with Gasteiger partial charge < -0.3 is 0 Å². The Bertz CT molecular complexity index is 317. The van der Waals surface area contributed by atoms with Crippen molar-refractivity contribution in [1.82, 2.24) is 0 Å². The first-order valence-corrected chi connectivity index (χ1v) is 8.54. The monoisotopic (exact) mass is 278 g/mol. The van der Waals surface area contributed by atoms with Gasteiger partial charge in [-0.2, -0.15) is 0 Å². The summed E-state index contributed by atoms with van der Waals surface area (Å²) < 4.78 is 0. The molecule has 1 aromatic rings. The van der Waals surface area contributed by atoms with Crippen LogP contribution in [0.2, 0.25) is 6.04 Å². The largest absolute Gasteiger partial charge is 0.125 e. The van der Waals surface area contributed by atoms with Crippen LogP contribution in [-0.2, 0) is 0 Å². The lowest BCUT2D eigenvalue weighted by molar-refractivity contribution is 0.728. The second kappa shape index (κ2) is 5.09. The Hall–Kier alpha value is 0.307. The van der Waals surface area contributed by atoms with Gasteiger partial charge in [-0.15, -0.1) is 34.8 Å². The molecule has 0 N–H and O–H groups in total. The minimum absolute atomic E-state index is 0.0432. The first kappa shape index (κ1) is 11.8. The molecule has 0 radical (unpaired) electrons. The van der Waals surface area contributed by atoms with Gasteiger partial charge in [0.1, 0.15) is 0 Å². The summed E-state index contributed by atoms with van der Waals surface area (Å²) in [5.41, 5.74) is 0. The van der Waals surface area contributed by atoms with E-state index in [0.29, 0.717) is 0 Å². The summed E-state index contributed by atoms with van der Waals surface area (Å²) in [5.74, 6) is 0. The summed E-state index contributed by atoms with van der Waals surface area (Å²) >= 11 is 18.8. The fourth-order valence-corrected chi connectivity index (χ4v) is 7.65. The number of alkyl halides is 3. The standard InChI is InChI=1S/C11H13Cl3Si/c12-9-6-7-15(11(14)10(9)13)8-4-2-1-3-5-8/h1-5,9-11,15H,6-7H2. The molecular weight excluding hydrogens is 267 g/mol. The van der Waals surface area contributed by atoms with Crippen molar-refractivity contribution in [3.63, 3.8) is 0 Å². The van der Waals surface area contributed by atoms with Crippen molar-refractivity contribution in [2.45, 2.75) is 28.2 Å². The maximum atomic E-state index is 6.41. The van der Waals surface area contributed by atoms with Crippen LogP contribution in [0.25, 0.3) is 0 Å². The van der Waals surface area contributed by atoms with E-state index in [0.717, 1.165) is 12.5 Å². The molecule has 1 aromatic carbocycles. The second-order valence-electron chi connectivity index (χ2n) is 4.00. The van der Waals surface area contributed by atoms with Crippen molar-refractivity contribution < 1.29 is 0 Å².